The Kier molecular flexibility index (Phi) is 16.1. The summed E-state index contributed by atoms with van der Waals surface area (Å²) in [5, 5.41) is 22.6. The first-order valence-corrected chi connectivity index (χ1v) is 20.9. The molecule has 4 aromatic rings. The molecule has 1 aliphatic carbocycles. The maximum atomic E-state index is 13.9. The van der Waals surface area contributed by atoms with E-state index in [1.165, 1.54) is 18.2 Å². The highest BCUT2D eigenvalue weighted by Crippen LogP contribution is 2.38. The first-order chi connectivity index (χ1) is 30.5. The number of hydrogen-bond donors (Lipinski definition) is 2. The normalized spacial score (nSPS) is 18.9. The van der Waals surface area contributed by atoms with Gasteiger partial charge in [0.2, 0.25) is 0 Å². The summed E-state index contributed by atoms with van der Waals surface area (Å²) in [6, 6.07) is 17.5. The fourth-order valence-electron chi connectivity index (χ4n) is 7.31. The molecule has 4 aliphatic rings. The van der Waals surface area contributed by atoms with Crippen molar-refractivity contribution in [3.05, 3.63) is 122 Å². The third-order valence-corrected chi connectivity index (χ3v) is 11.5. The first kappa shape index (κ1) is 48.0. The van der Waals surface area contributed by atoms with E-state index < -0.39 is 42.8 Å². The zero-order valence-electron chi connectivity index (χ0n) is 34.2. The van der Waals surface area contributed by atoms with Gasteiger partial charge in [0.15, 0.2) is 23.9 Å². The van der Waals surface area contributed by atoms with Crippen molar-refractivity contribution in [1.29, 1.82) is 0 Å². The topological polar surface area (TPSA) is 160 Å². The first-order valence-electron chi connectivity index (χ1n) is 20.2. The number of nitrogens with zero attached hydrogens (tertiary/aromatic N) is 2. The van der Waals surface area contributed by atoms with Gasteiger partial charge in [-0.05, 0) is 104 Å². The molecule has 1 aromatic heterocycles. The van der Waals surface area contributed by atoms with E-state index in [1.54, 1.807) is 37.4 Å². The average molecular weight is 941 g/mol. The number of hydrogen-bond acceptors (Lipinski definition) is 11. The van der Waals surface area contributed by atoms with E-state index in [4.69, 9.17) is 56.8 Å². The lowest BCUT2D eigenvalue weighted by molar-refractivity contribution is -0.605. The number of alkyl halides is 5. The molecule has 64 heavy (non-hydrogen) atoms. The highest BCUT2D eigenvalue weighted by molar-refractivity contribution is 6.35. The molecule has 344 valence electrons. The number of carboxylic acid groups (broad SMARTS) is 1. The van der Waals surface area contributed by atoms with Crippen LogP contribution in [0.2, 0.25) is 10.0 Å². The van der Waals surface area contributed by atoms with Crippen molar-refractivity contribution in [2.24, 2.45) is 11.8 Å². The van der Waals surface area contributed by atoms with Gasteiger partial charge in [0.05, 0.1) is 19.3 Å². The summed E-state index contributed by atoms with van der Waals surface area (Å²) in [4.78, 5) is 39.0. The number of piperidine rings is 3. The minimum atomic E-state index is -5.08. The van der Waals surface area contributed by atoms with Gasteiger partial charge in [-0.1, -0.05) is 53.5 Å². The van der Waals surface area contributed by atoms with Crippen LogP contribution in [0.4, 0.5) is 22.0 Å². The Balaban J connectivity index is 0.000000898. The highest BCUT2D eigenvalue weighted by Gasteiger charge is 2.39. The number of aromatic nitrogens is 1. The van der Waals surface area contributed by atoms with Crippen LogP contribution in [0.15, 0.2) is 79.1 Å². The molecular formula is C44H44Cl2F5N3O10. The van der Waals surface area contributed by atoms with Gasteiger partial charge >= 0.3 is 30.7 Å². The lowest BCUT2D eigenvalue weighted by Crippen LogP contribution is -2.52. The fourth-order valence-corrected chi connectivity index (χ4v) is 7.91. The van der Waals surface area contributed by atoms with Crippen molar-refractivity contribution < 1.29 is 69.9 Å². The molecular weight excluding hydrogens is 896 g/mol. The number of fused-ring (bicyclic) bond motifs is 3. The highest BCUT2D eigenvalue weighted by atomic mass is 35.5. The molecule has 0 radical (unpaired) electrons. The smallest absolute Gasteiger partial charge is 0.490 e. The van der Waals surface area contributed by atoms with Crippen LogP contribution in [0, 0.1) is 17.0 Å². The number of rotatable bonds is 17. The van der Waals surface area contributed by atoms with E-state index >= 15 is 0 Å². The van der Waals surface area contributed by atoms with Crippen LogP contribution < -0.4 is 24.3 Å². The zero-order chi connectivity index (χ0) is 46.1. The Morgan fingerprint density at radius 1 is 0.938 bits per heavy atom. The second kappa shape index (κ2) is 21.5. The number of nitrogens with one attached hydrogen (secondary N) is 1. The number of halogens is 7. The van der Waals surface area contributed by atoms with Crippen molar-refractivity contribution in [3.63, 3.8) is 0 Å². The molecule has 2 bridgehead atoms. The van der Waals surface area contributed by atoms with Crippen molar-refractivity contribution >= 4 is 41.1 Å². The third-order valence-electron chi connectivity index (χ3n) is 10.9. The number of carbonyl (C=O) groups is 3. The molecule has 2 unspecified atom stereocenters. The Morgan fingerprint density at radius 3 is 2.23 bits per heavy atom. The lowest BCUT2D eigenvalue weighted by Gasteiger charge is -2.44. The minimum Gasteiger partial charge on any atom is -0.619 e. The van der Waals surface area contributed by atoms with Crippen LogP contribution in [0.25, 0.3) is 0 Å². The number of methoxy groups -OCH3 is 1. The number of ether oxygens (including phenoxy) is 5. The third kappa shape index (κ3) is 13.3. The predicted molar refractivity (Wildman–Crippen MR) is 220 cm³/mol. The van der Waals surface area contributed by atoms with Crippen LogP contribution in [0.3, 0.4) is 0 Å². The number of aliphatic carboxylic acids is 1. The number of carbonyl (C=O) groups excluding carboxylic acids is 2. The van der Waals surface area contributed by atoms with Gasteiger partial charge < -0.3 is 34.0 Å². The van der Waals surface area contributed by atoms with E-state index in [1.807, 2.05) is 18.2 Å². The standard InChI is InChI=1S/C42H43Cl2F2N3O8.C2HF3O2/c1-53-31-7-3-5-29(17-31)39(41(51)56-38-23-48-14-12-27(38)13-15-48)47-20-26-4-2-6-30(16-26)40(50)55-36(19-32-33(43)21-49(52)22-34(32)44)28-10-11-35(57-42(45)46)37(18-28)54-24-25-8-9-25;3-2(4,5)1(6)7/h2-7,10-11,16-18,21-22,25,27,36,38-39,42,47H,8-9,12-15,19-20,23-24H2,1H3;(H,6,7)/t36?,38-,39?;/m0./s1. The van der Waals surface area contributed by atoms with Gasteiger partial charge in [-0.3, -0.25) is 10.2 Å². The maximum Gasteiger partial charge on any atom is 0.490 e. The van der Waals surface area contributed by atoms with Crippen LogP contribution in [0.1, 0.15) is 70.4 Å². The van der Waals surface area contributed by atoms with Crippen molar-refractivity contribution in [2.75, 3.05) is 33.4 Å². The molecule has 3 aliphatic heterocycles. The van der Waals surface area contributed by atoms with E-state index in [0.29, 0.717) is 51.2 Å². The molecule has 2 N–H and O–H groups in total. The summed E-state index contributed by atoms with van der Waals surface area (Å²) in [5.74, 6) is -2.72. The average Bonchev–Trinajstić information content (AvgIpc) is 4.09. The van der Waals surface area contributed by atoms with E-state index in [0.717, 1.165) is 57.7 Å². The Bertz CT molecular complexity index is 2250. The number of esters is 2. The van der Waals surface area contributed by atoms with Gasteiger partial charge in [-0.25, -0.2) is 14.4 Å². The summed E-state index contributed by atoms with van der Waals surface area (Å²) >= 11 is 12.9. The van der Waals surface area contributed by atoms with Crippen molar-refractivity contribution in [3.8, 4) is 17.2 Å². The molecule has 8 rings (SSSR count). The quantitative estimate of drug-likeness (QED) is 0.0453. The van der Waals surface area contributed by atoms with E-state index in [9.17, 15) is 36.7 Å². The summed E-state index contributed by atoms with van der Waals surface area (Å²) in [6.45, 7) is 0.170. The molecule has 3 aromatic carbocycles. The molecule has 3 atom stereocenters. The molecule has 0 spiro atoms. The molecule has 0 amide bonds. The van der Waals surface area contributed by atoms with Crippen LogP contribution in [-0.4, -0.2) is 80.2 Å². The molecule has 13 nitrogen and oxygen atoms in total. The monoisotopic (exact) mass is 939 g/mol. The Hall–Kier alpha value is -5.43. The van der Waals surface area contributed by atoms with Crippen LogP contribution in [-0.2, 0) is 32.0 Å². The summed E-state index contributed by atoms with van der Waals surface area (Å²) in [6.07, 6.45) is -0.189. The van der Waals surface area contributed by atoms with Gasteiger partial charge in [0.1, 0.15) is 34.0 Å². The second-order valence-electron chi connectivity index (χ2n) is 15.4. The molecule has 20 heteroatoms. The number of pyridine rings is 1. The number of carboxylic acids is 1. The van der Waals surface area contributed by atoms with Gasteiger partial charge in [-0.15, -0.1) is 0 Å². The van der Waals surface area contributed by atoms with Gasteiger partial charge in [-0.2, -0.15) is 26.7 Å². The zero-order valence-corrected chi connectivity index (χ0v) is 35.7. The summed E-state index contributed by atoms with van der Waals surface area (Å²) in [7, 11) is 1.56. The lowest BCUT2D eigenvalue weighted by atomic mass is 9.86. The minimum absolute atomic E-state index is 0.0482. The fraction of sp³-hybridized carbons (Fsp3) is 0.409. The van der Waals surface area contributed by atoms with Gasteiger partial charge in [0, 0.05) is 25.1 Å². The SMILES string of the molecule is COc1cccc(C(NCc2cccc(C(=O)OC(Cc3c(Cl)c[n+]([O-])cc3Cl)c3ccc(OC(F)F)c(OCC4CC4)c3)c2)C(=O)O[C@H]2CN3CCC2CC3)c1.O=C(O)C(F)(F)F. The summed E-state index contributed by atoms with van der Waals surface area (Å²) in [5.41, 5.74) is 2.29. The van der Waals surface area contributed by atoms with Crippen LogP contribution in [0.5, 0.6) is 17.2 Å². The molecule has 4 heterocycles. The number of benzene rings is 3. The molecule has 3 saturated heterocycles. The molecule has 1 saturated carbocycles. The Morgan fingerprint density at radius 2 is 1.62 bits per heavy atom. The van der Waals surface area contributed by atoms with Crippen LogP contribution >= 0.6 is 23.2 Å². The molecule has 4 fully saturated rings. The van der Waals surface area contributed by atoms with Crippen molar-refractivity contribution in [2.45, 2.75) is 69.7 Å². The maximum absolute atomic E-state index is 13.9. The van der Waals surface area contributed by atoms with E-state index in [-0.39, 0.29) is 46.2 Å². The predicted octanol–water partition coefficient (Wildman–Crippen LogP) is 8.27. The largest absolute Gasteiger partial charge is 0.619 e. The van der Waals surface area contributed by atoms with Crippen molar-refractivity contribution in [1.82, 2.24) is 10.2 Å². The summed E-state index contributed by atoms with van der Waals surface area (Å²) < 4.78 is 87.1. The Labute approximate surface area is 374 Å². The van der Waals surface area contributed by atoms with Gasteiger partial charge in [0.25, 0.3) is 0 Å². The van der Waals surface area contributed by atoms with E-state index in [2.05, 4.69) is 10.2 Å². The second-order valence-corrected chi connectivity index (χ2v) is 16.3.